The van der Waals surface area contributed by atoms with E-state index in [-0.39, 0.29) is 16.6 Å². The molecule has 1 heterocycles. The number of nitrogens with one attached hydrogen (secondary N) is 1. The van der Waals surface area contributed by atoms with E-state index in [0.29, 0.717) is 30.3 Å². The largest absolute Gasteiger partial charge is 0.496 e. The number of methoxy groups -OCH3 is 1. The van der Waals surface area contributed by atoms with Crippen molar-refractivity contribution in [1.82, 2.24) is 4.31 Å². The van der Waals surface area contributed by atoms with Gasteiger partial charge in [-0.3, -0.25) is 4.79 Å². The fraction of sp³-hybridized carbons (Fsp3) is 0.381. The zero-order valence-electron chi connectivity index (χ0n) is 16.8. The third-order valence-corrected chi connectivity index (χ3v) is 6.50. The molecule has 1 N–H and O–H groups in total. The first-order chi connectivity index (χ1) is 13.8. The summed E-state index contributed by atoms with van der Waals surface area (Å²) in [5.74, 6) is 0.565. The number of hydrogen-bond acceptors (Lipinski definition) is 5. The van der Waals surface area contributed by atoms with Gasteiger partial charge in [-0.15, -0.1) is 0 Å². The zero-order valence-corrected chi connectivity index (χ0v) is 17.7. The number of anilines is 1. The lowest BCUT2D eigenvalue weighted by atomic mass is 10.2. The molecule has 0 aromatic heterocycles. The van der Waals surface area contributed by atoms with E-state index in [1.165, 1.54) is 29.6 Å². The first-order valence-electron chi connectivity index (χ1n) is 9.57. The van der Waals surface area contributed by atoms with Crippen LogP contribution in [0.3, 0.4) is 0 Å². The standard InChI is InChI=1S/C21H26N2O5S/c1-15(2)28-17-8-6-16(7-9-17)22-21(24)19-14-18(10-11-20(19)27-3)29(25,26)23-12-4-5-13-23/h6-11,14-15H,4-5,12-13H2,1-3H3,(H,22,24). The third kappa shape index (κ3) is 4.89. The fourth-order valence-electron chi connectivity index (χ4n) is 3.19. The van der Waals surface area contributed by atoms with Gasteiger partial charge < -0.3 is 14.8 Å². The van der Waals surface area contributed by atoms with Crippen LogP contribution in [-0.4, -0.2) is 44.9 Å². The average molecular weight is 419 g/mol. The van der Waals surface area contributed by atoms with Crippen LogP contribution >= 0.6 is 0 Å². The summed E-state index contributed by atoms with van der Waals surface area (Å²) in [6.45, 7) is 4.87. The molecule has 0 bridgehead atoms. The Labute approximate surface area is 171 Å². The smallest absolute Gasteiger partial charge is 0.259 e. The monoisotopic (exact) mass is 418 g/mol. The Morgan fingerprint density at radius 3 is 2.31 bits per heavy atom. The van der Waals surface area contributed by atoms with E-state index >= 15 is 0 Å². The van der Waals surface area contributed by atoms with Crippen LogP contribution in [0.4, 0.5) is 5.69 Å². The highest BCUT2D eigenvalue weighted by Crippen LogP contribution is 2.27. The van der Waals surface area contributed by atoms with E-state index < -0.39 is 15.9 Å². The molecular formula is C21H26N2O5S. The van der Waals surface area contributed by atoms with Gasteiger partial charge in [-0.2, -0.15) is 4.31 Å². The maximum atomic E-state index is 12.8. The molecule has 1 amide bonds. The molecule has 1 aliphatic rings. The average Bonchev–Trinajstić information content (AvgIpc) is 3.24. The molecule has 8 heteroatoms. The minimum atomic E-state index is -3.63. The molecule has 3 rings (SSSR count). The van der Waals surface area contributed by atoms with Gasteiger partial charge in [0, 0.05) is 18.8 Å². The first-order valence-corrected chi connectivity index (χ1v) is 11.0. The summed E-state index contributed by atoms with van der Waals surface area (Å²) in [4.78, 5) is 12.9. The van der Waals surface area contributed by atoms with Crippen LogP contribution in [0, 0.1) is 0 Å². The fourth-order valence-corrected chi connectivity index (χ4v) is 4.73. The molecule has 1 saturated heterocycles. The molecule has 1 aliphatic heterocycles. The molecule has 1 fully saturated rings. The molecule has 2 aromatic carbocycles. The summed E-state index contributed by atoms with van der Waals surface area (Å²) in [6, 6.07) is 11.3. The summed E-state index contributed by atoms with van der Waals surface area (Å²) in [5, 5.41) is 2.78. The molecule has 0 aliphatic carbocycles. The van der Waals surface area contributed by atoms with Crippen LogP contribution in [0.15, 0.2) is 47.4 Å². The molecule has 29 heavy (non-hydrogen) atoms. The van der Waals surface area contributed by atoms with E-state index in [0.717, 1.165) is 12.8 Å². The van der Waals surface area contributed by atoms with E-state index in [2.05, 4.69) is 5.32 Å². The van der Waals surface area contributed by atoms with Crippen LogP contribution in [0.1, 0.15) is 37.0 Å². The quantitative estimate of drug-likeness (QED) is 0.744. The third-order valence-electron chi connectivity index (χ3n) is 4.60. The van der Waals surface area contributed by atoms with Gasteiger partial charge in [0.25, 0.3) is 5.91 Å². The number of hydrogen-bond donors (Lipinski definition) is 1. The summed E-state index contributed by atoms with van der Waals surface area (Å²) in [7, 11) is -2.19. The minimum absolute atomic E-state index is 0.0556. The van der Waals surface area contributed by atoms with E-state index in [4.69, 9.17) is 9.47 Å². The topological polar surface area (TPSA) is 84.9 Å². The van der Waals surface area contributed by atoms with Gasteiger partial charge in [0.05, 0.1) is 23.7 Å². The summed E-state index contributed by atoms with van der Waals surface area (Å²) in [6.07, 6.45) is 1.75. The second kappa shape index (κ2) is 8.84. The highest BCUT2D eigenvalue weighted by molar-refractivity contribution is 7.89. The number of carbonyl (C=O) groups is 1. The van der Waals surface area contributed by atoms with Gasteiger partial charge in [-0.1, -0.05) is 0 Å². The van der Waals surface area contributed by atoms with Gasteiger partial charge in [-0.25, -0.2) is 8.42 Å². The number of rotatable bonds is 7. The lowest BCUT2D eigenvalue weighted by Crippen LogP contribution is -2.28. The Morgan fingerprint density at radius 2 is 1.72 bits per heavy atom. The van der Waals surface area contributed by atoms with Crippen molar-refractivity contribution in [2.75, 3.05) is 25.5 Å². The van der Waals surface area contributed by atoms with Crippen LogP contribution in [-0.2, 0) is 10.0 Å². The van der Waals surface area contributed by atoms with Crippen LogP contribution in [0.2, 0.25) is 0 Å². The van der Waals surface area contributed by atoms with Crippen molar-refractivity contribution in [3.63, 3.8) is 0 Å². The van der Waals surface area contributed by atoms with Crippen LogP contribution in [0.5, 0.6) is 11.5 Å². The Balaban J connectivity index is 1.83. The molecule has 7 nitrogen and oxygen atoms in total. The number of nitrogens with zero attached hydrogens (tertiary/aromatic N) is 1. The number of benzene rings is 2. The van der Waals surface area contributed by atoms with Crippen molar-refractivity contribution in [2.24, 2.45) is 0 Å². The minimum Gasteiger partial charge on any atom is -0.496 e. The van der Waals surface area contributed by atoms with Gasteiger partial charge in [0.15, 0.2) is 0 Å². The second-order valence-corrected chi connectivity index (χ2v) is 9.06. The number of amides is 1. The van der Waals surface area contributed by atoms with Crippen molar-refractivity contribution in [2.45, 2.75) is 37.7 Å². The lowest BCUT2D eigenvalue weighted by molar-refractivity contribution is 0.102. The molecule has 0 saturated carbocycles. The van der Waals surface area contributed by atoms with Crippen molar-refractivity contribution in [1.29, 1.82) is 0 Å². The Bertz CT molecular complexity index is 965. The lowest BCUT2D eigenvalue weighted by Gasteiger charge is -2.17. The summed E-state index contributed by atoms with van der Waals surface area (Å²) < 4.78 is 38.0. The Morgan fingerprint density at radius 1 is 1.07 bits per heavy atom. The van der Waals surface area contributed by atoms with Gasteiger partial charge >= 0.3 is 0 Å². The van der Waals surface area contributed by atoms with Crippen molar-refractivity contribution in [3.8, 4) is 11.5 Å². The molecule has 0 spiro atoms. The highest BCUT2D eigenvalue weighted by Gasteiger charge is 2.28. The predicted octanol–water partition coefficient (Wildman–Crippen LogP) is 3.52. The first kappa shape index (κ1) is 21.1. The second-order valence-electron chi connectivity index (χ2n) is 7.12. The van der Waals surface area contributed by atoms with Gasteiger partial charge in [-0.05, 0) is 69.2 Å². The number of ether oxygens (including phenoxy) is 2. The number of carbonyl (C=O) groups excluding carboxylic acids is 1. The molecular weight excluding hydrogens is 392 g/mol. The molecule has 156 valence electrons. The van der Waals surface area contributed by atoms with Crippen molar-refractivity contribution < 1.29 is 22.7 Å². The number of sulfonamides is 1. The maximum Gasteiger partial charge on any atom is 0.259 e. The Hall–Kier alpha value is -2.58. The molecule has 0 atom stereocenters. The van der Waals surface area contributed by atoms with Gasteiger partial charge in [0.2, 0.25) is 10.0 Å². The van der Waals surface area contributed by atoms with Crippen molar-refractivity contribution >= 4 is 21.6 Å². The normalized spacial score (nSPS) is 14.8. The van der Waals surface area contributed by atoms with Crippen LogP contribution < -0.4 is 14.8 Å². The summed E-state index contributed by atoms with van der Waals surface area (Å²) in [5.41, 5.74) is 0.733. The van der Waals surface area contributed by atoms with Crippen molar-refractivity contribution in [3.05, 3.63) is 48.0 Å². The predicted molar refractivity (Wildman–Crippen MR) is 111 cm³/mol. The van der Waals surface area contributed by atoms with E-state index in [9.17, 15) is 13.2 Å². The Kier molecular flexibility index (Phi) is 6.44. The van der Waals surface area contributed by atoms with E-state index in [1.807, 2.05) is 13.8 Å². The SMILES string of the molecule is COc1ccc(S(=O)(=O)N2CCCC2)cc1C(=O)Nc1ccc(OC(C)C)cc1. The van der Waals surface area contributed by atoms with E-state index in [1.54, 1.807) is 24.3 Å². The highest BCUT2D eigenvalue weighted by atomic mass is 32.2. The zero-order chi connectivity index (χ0) is 21.0. The molecule has 0 radical (unpaired) electrons. The van der Waals surface area contributed by atoms with Crippen LogP contribution in [0.25, 0.3) is 0 Å². The summed E-state index contributed by atoms with van der Waals surface area (Å²) >= 11 is 0. The maximum absolute atomic E-state index is 12.8. The van der Waals surface area contributed by atoms with Gasteiger partial charge in [0.1, 0.15) is 11.5 Å². The molecule has 0 unspecified atom stereocenters. The molecule has 2 aromatic rings.